The van der Waals surface area contributed by atoms with Crippen LogP contribution in [0.3, 0.4) is 0 Å². The molecule has 0 amide bonds. The van der Waals surface area contributed by atoms with Crippen LogP contribution in [-0.2, 0) is 13.2 Å². The highest BCUT2D eigenvalue weighted by Gasteiger charge is 2.11. The van der Waals surface area contributed by atoms with Crippen molar-refractivity contribution in [3.05, 3.63) is 86.3 Å². The lowest BCUT2D eigenvalue weighted by atomic mass is 10.1. The van der Waals surface area contributed by atoms with Crippen LogP contribution in [0, 0.1) is 13.8 Å². The molecule has 0 heterocycles. The topological polar surface area (TPSA) is 30.5 Å². The Kier molecular flexibility index (Phi) is 6.87. The normalized spacial score (nSPS) is 10.6. The predicted octanol–water partition coefficient (Wildman–Crippen LogP) is 6.92. The van der Waals surface area contributed by atoms with Gasteiger partial charge in [0.15, 0.2) is 11.5 Å². The van der Waals surface area contributed by atoms with Crippen LogP contribution in [0.15, 0.2) is 59.1 Å². The van der Waals surface area contributed by atoms with E-state index in [1.165, 1.54) is 5.56 Å². The number of nitrogens with one attached hydrogen (secondary N) is 1. The molecule has 0 radical (unpaired) electrons. The van der Waals surface area contributed by atoms with Crippen LogP contribution >= 0.6 is 27.5 Å². The maximum atomic E-state index is 6.20. The van der Waals surface area contributed by atoms with Crippen molar-refractivity contribution in [3.8, 4) is 11.5 Å². The first-order valence-electron chi connectivity index (χ1n) is 9.01. The van der Waals surface area contributed by atoms with Gasteiger partial charge in [0, 0.05) is 21.7 Å². The summed E-state index contributed by atoms with van der Waals surface area (Å²) in [7, 11) is 1.65. The molecule has 1 N–H and O–H groups in total. The molecule has 3 nitrogen and oxygen atoms in total. The molecule has 3 aromatic carbocycles. The largest absolute Gasteiger partial charge is 0.493 e. The van der Waals surface area contributed by atoms with Gasteiger partial charge in [-0.2, -0.15) is 0 Å². The Balaban J connectivity index is 1.72. The second-order valence-corrected chi connectivity index (χ2v) is 7.95. The number of rotatable bonds is 7. The number of aryl methyl sites for hydroxylation is 2. The Morgan fingerprint density at radius 3 is 2.54 bits per heavy atom. The summed E-state index contributed by atoms with van der Waals surface area (Å²) >= 11 is 9.85. The summed E-state index contributed by atoms with van der Waals surface area (Å²) in [5, 5.41) is 4.15. The summed E-state index contributed by atoms with van der Waals surface area (Å²) in [5.74, 6) is 1.41. The van der Waals surface area contributed by atoms with Crippen molar-refractivity contribution in [2.75, 3.05) is 12.4 Å². The number of hydrogen-bond donors (Lipinski definition) is 1. The van der Waals surface area contributed by atoms with E-state index in [0.717, 1.165) is 31.9 Å². The maximum Gasteiger partial charge on any atom is 0.162 e. The average molecular weight is 461 g/mol. The number of benzene rings is 3. The fraction of sp³-hybridized carbons (Fsp3) is 0.217. The first-order chi connectivity index (χ1) is 13.5. The number of anilines is 1. The van der Waals surface area contributed by atoms with Crippen molar-refractivity contribution in [2.45, 2.75) is 27.0 Å². The molecule has 3 rings (SSSR count). The quantitative estimate of drug-likeness (QED) is 0.415. The number of halogens is 2. The molecule has 0 aromatic heterocycles. The SMILES string of the molecule is COc1cc(CNc2ccc(C)c(Cl)c2)c(Br)cc1OCc1cccc(C)c1. The zero-order valence-electron chi connectivity index (χ0n) is 16.2. The highest BCUT2D eigenvalue weighted by Crippen LogP contribution is 2.34. The summed E-state index contributed by atoms with van der Waals surface area (Å²) in [4.78, 5) is 0. The maximum absolute atomic E-state index is 6.20. The Labute approximate surface area is 179 Å². The van der Waals surface area contributed by atoms with Crippen LogP contribution in [0.1, 0.15) is 22.3 Å². The van der Waals surface area contributed by atoms with Gasteiger partial charge in [0.2, 0.25) is 0 Å². The third-order valence-corrected chi connectivity index (χ3v) is 5.61. The average Bonchev–Trinajstić information content (AvgIpc) is 2.68. The van der Waals surface area contributed by atoms with Crippen molar-refractivity contribution >= 4 is 33.2 Å². The van der Waals surface area contributed by atoms with Crippen LogP contribution in [0.2, 0.25) is 5.02 Å². The van der Waals surface area contributed by atoms with Gasteiger partial charge in [0.1, 0.15) is 6.61 Å². The molecule has 0 saturated heterocycles. The molecule has 28 heavy (non-hydrogen) atoms. The van der Waals surface area contributed by atoms with Crippen molar-refractivity contribution < 1.29 is 9.47 Å². The summed E-state index contributed by atoms with van der Waals surface area (Å²) in [6.07, 6.45) is 0. The van der Waals surface area contributed by atoms with Crippen LogP contribution in [0.25, 0.3) is 0 Å². The molecule has 3 aromatic rings. The number of methoxy groups -OCH3 is 1. The van der Waals surface area contributed by atoms with E-state index in [9.17, 15) is 0 Å². The molecule has 5 heteroatoms. The van der Waals surface area contributed by atoms with E-state index in [2.05, 4.69) is 46.4 Å². The lowest BCUT2D eigenvalue weighted by Crippen LogP contribution is -2.03. The van der Waals surface area contributed by atoms with Crippen LogP contribution in [0.5, 0.6) is 11.5 Å². The van der Waals surface area contributed by atoms with Gasteiger partial charge >= 0.3 is 0 Å². The molecular formula is C23H23BrClNO2. The zero-order chi connectivity index (χ0) is 20.1. The van der Waals surface area contributed by atoms with Crippen molar-refractivity contribution in [3.63, 3.8) is 0 Å². The van der Waals surface area contributed by atoms with E-state index in [1.54, 1.807) is 7.11 Å². The van der Waals surface area contributed by atoms with Gasteiger partial charge in [-0.3, -0.25) is 0 Å². The fourth-order valence-electron chi connectivity index (χ4n) is 2.85. The monoisotopic (exact) mass is 459 g/mol. The number of ether oxygens (including phenoxy) is 2. The molecule has 146 valence electrons. The third kappa shape index (κ3) is 5.21. The van der Waals surface area contributed by atoms with Crippen molar-refractivity contribution in [2.24, 2.45) is 0 Å². The van der Waals surface area contributed by atoms with Crippen molar-refractivity contribution in [1.29, 1.82) is 0 Å². The first-order valence-corrected chi connectivity index (χ1v) is 10.2. The predicted molar refractivity (Wildman–Crippen MR) is 120 cm³/mol. The molecule has 0 bridgehead atoms. The van der Waals surface area contributed by atoms with Gasteiger partial charge in [-0.05, 0) is 54.8 Å². The molecule has 0 aliphatic heterocycles. The van der Waals surface area contributed by atoms with Gasteiger partial charge < -0.3 is 14.8 Å². The third-order valence-electron chi connectivity index (χ3n) is 4.46. The lowest BCUT2D eigenvalue weighted by Gasteiger charge is -2.15. The molecule has 0 saturated carbocycles. The van der Waals surface area contributed by atoms with E-state index >= 15 is 0 Å². The Morgan fingerprint density at radius 1 is 1.00 bits per heavy atom. The Hall–Kier alpha value is -2.17. The zero-order valence-corrected chi connectivity index (χ0v) is 18.5. The molecular weight excluding hydrogens is 438 g/mol. The number of hydrogen-bond acceptors (Lipinski definition) is 3. The second kappa shape index (κ2) is 9.35. The minimum absolute atomic E-state index is 0.490. The van der Waals surface area contributed by atoms with Crippen LogP contribution in [-0.4, -0.2) is 7.11 Å². The van der Waals surface area contributed by atoms with E-state index in [4.69, 9.17) is 21.1 Å². The van der Waals surface area contributed by atoms with Crippen molar-refractivity contribution in [1.82, 2.24) is 0 Å². The standard InChI is InChI=1S/C23H23BrClNO2/c1-15-5-4-6-17(9-15)14-28-23-12-20(24)18(10-22(23)27-3)13-26-19-8-7-16(2)21(25)11-19/h4-12,26H,13-14H2,1-3H3. The van der Waals surface area contributed by atoms with E-state index in [0.29, 0.717) is 24.7 Å². The Morgan fingerprint density at radius 2 is 1.82 bits per heavy atom. The highest BCUT2D eigenvalue weighted by molar-refractivity contribution is 9.10. The van der Waals surface area contributed by atoms with E-state index < -0.39 is 0 Å². The highest BCUT2D eigenvalue weighted by atomic mass is 79.9. The molecule has 0 spiro atoms. The summed E-state index contributed by atoms with van der Waals surface area (Å²) in [6.45, 7) is 5.19. The minimum atomic E-state index is 0.490. The molecule has 0 aliphatic carbocycles. The van der Waals surface area contributed by atoms with Crippen LogP contribution in [0.4, 0.5) is 5.69 Å². The van der Waals surface area contributed by atoms with Gasteiger partial charge in [-0.15, -0.1) is 0 Å². The van der Waals surface area contributed by atoms with Crippen LogP contribution < -0.4 is 14.8 Å². The van der Waals surface area contributed by atoms with Gasteiger partial charge in [-0.25, -0.2) is 0 Å². The molecule has 0 fully saturated rings. The van der Waals surface area contributed by atoms with Gasteiger partial charge in [-0.1, -0.05) is 63.4 Å². The summed E-state index contributed by atoms with van der Waals surface area (Å²) < 4.78 is 12.5. The molecule has 0 atom stereocenters. The van der Waals surface area contributed by atoms with E-state index in [-0.39, 0.29) is 0 Å². The molecule has 0 unspecified atom stereocenters. The summed E-state index contributed by atoms with van der Waals surface area (Å²) in [6, 6.07) is 18.2. The smallest absolute Gasteiger partial charge is 0.162 e. The van der Waals surface area contributed by atoms with Gasteiger partial charge in [0.25, 0.3) is 0 Å². The first kappa shape index (κ1) is 20.6. The summed E-state index contributed by atoms with van der Waals surface area (Å²) in [5.41, 5.74) is 5.44. The lowest BCUT2D eigenvalue weighted by molar-refractivity contribution is 0.284. The van der Waals surface area contributed by atoms with Gasteiger partial charge in [0.05, 0.1) is 7.11 Å². The fourth-order valence-corrected chi connectivity index (χ4v) is 3.49. The molecule has 0 aliphatic rings. The second-order valence-electron chi connectivity index (χ2n) is 6.69. The van der Waals surface area contributed by atoms with E-state index in [1.807, 2.05) is 43.3 Å². The minimum Gasteiger partial charge on any atom is -0.493 e. The Bertz CT molecular complexity index is 975.